The Bertz CT molecular complexity index is 1950. The summed E-state index contributed by atoms with van der Waals surface area (Å²) in [6, 6.07) is -8.39. The van der Waals surface area contributed by atoms with Gasteiger partial charge in [-0.1, -0.05) is 68.2 Å². The summed E-state index contributed by atoms with van der Waals surface area (Å²) in [5, 5.41) is 51.2. The molecule has 6 N–H and O–H groups in total. The van der Waals surface area contributed by atoms with Gasteiger partial charge < -0.3 is 44.3 Å². The summed E-state index contributed by atoms with van der Waals surface area (Å²) in [7, 11) is 1.22. The van der Waals surface area contributed by atoms with E-state index in [-0.39, 0.29) is 61.4 Å². The molecule has 4 fully saturated rings. The van der Waals surface area contributed by atoms with Gasteiger partial charge >= 0.3 is 11.9 Å². The third-order valence-corrected chi connectivity index (χ3v) is 14.6. The summed E-state index contributed by atoms with van der Waals surface area (Å²) in [6.45, 7) is 16.3. The first kappa shape index (κ1) is 60.0. The number of cyclic esters (lactones) is 1. The maximum absolute atomic E-state index is 15.2. The Kier molecular flexibility index (Phi) is 21.0. The van der Waals surface area contributed by atoms with Crippen molar-refractivity contribution in [3.63, 3.8) is 0 Å². The Labute approximate surface area is 423 Å². The molecule has 72 heavy (non-hydrogen) atoms. The second-order valence-corrected chi connectivity index (χ2v) is 21.2. The predicted molar refractivity (Wildman–Crippen MR) is 255 cm³/mol. The highest BCUT2D eigenvalue weighted by Gasteiger charge is 2.59. The van der Waals surface area contributed by atoms with Crippen LogP contribution in [0.15, 0.2) is 0 Å². The van der Waals surface area contributed by atoms with Crippen molar-refractivity contribution < 1.29 is 77.9 Å². The Hall–Kier alpha value is -4.52. The first-order valence-corrected chi connectivity index (χ1v) is 25.7. The number of hydrogen-bond donors (Lipinski definition) is 6. The fourth-order valence-corrected chi connectivity index (χ4v) is 10.4. The first-order valence-electron chi connectivity index (χ1n) is 25.7. The zero-order chi connectivity index (χ0) is 54.2. The Balaban J connectivity index is 1.91. The number of nitrogens with zero attached hydrogens (tertiary/aromatic N) is 5. The largest absolute Gasteiger partial charge is 0.464 e. The number of hydrazine groups is 1. The summed E-state index contributed by atoms with van der Waals surface area (Å²) >= 11 is 0. The van der Waals surface area contributed by atoms with Crippen molar-refractivity contribution in [2.75, 3.05) is 39.9 Å². The summed E-state index contributed by atoms with van der Waals surface area (Å²) < 4.78 is 23.3. The minimum Gasteiger partial charge on any atom is -0.464 e. The maximum Gasteiger partial charge on any atom is 0.332 e. The molecular formula is C49H83N7O16. The van der Waals surface area contributed by atoms with Crippen molar-refractivity contribution >= 4 is 47.4 Å². The number of likely N-dealkylation sites (N-methyl/N-ethyl adjacent to an activating group) is 1. The van der Waals surface area contributed by atoms with Gasteiger partial charge in [0.1, 0.15) is 43.4 Å². The number of hydrogen-bond acceptors (Lipinski definition) is 17. The second kappa shape index (κ2) is 25.1. The third-order valence-electron chi connectivity index (χ3n) is 14.6. The minimum atomic E-state index is -2.75. The Morgan fingerprint density at radius 3 is 2.19 bits per heavy atom. The lowest BCUT2D eigenvalue weighted by atomic mass is 9.78. The lowest BCUT2D eigenvalue weighted by molar-refractivity contribution is -0.329. The summed E-state index contributed by atoms with van der Waals surface area (Å²) in [4.78, 5) is 117. The molecule has 0 radical (unpaired) electrons. The quantitative estimate of drug-likeness (QED) is 0.100. The van der Waals surface area contributed by atoms with Crippen molar-refractivity contribution in [1.29, 1.82) is 0 Å². The van der Waals surface area contributed by atoms with Crippen LogP contribution in [0.3, 0.4) is 0 Å². The number of amides is 6. The van der Waals surface area contributed by atoms with Gasteiger partial charge in [-0.2, -0.15) is 0 Å². The zero-order valence-corrected chi connectivity index (χ0v) is 44.4. The highest BCUT2D eigenvalue weighted by molar-refractivity contribution is 5.97. The molecule has 6 amide bonds. The molecule has 0 saturated carbocycles. The van der Waals surface area contributed by atoms with E-state index >= 15 is 4.79 Å². The summed E-state index contributed by atoms with van der Waals surface area (Å²) in [6.07, 6.45) is 0.321. The SMILES string of the molecule is CCCCC1C(=O)N(O)CC(=O)N2NCCCC2C(=O)N2CCC(C)(OCC(=O)OCC)C2C(=O)N(O)C(C(C)C)C(=O)OC(C(C)C)C(NC(=O)C(C)(O)C2(O)CCC(CC(C)C)C(CC)O2)C(=O)N1C. The molecule has 0 bridgehead atoms. The summed E-state index contributed by atoms with van der Waals surface area (Å²) in [5.41, 5.74) is -1.59. The van der Waals surface area contributed by atoms with Crippen molar-refractivity contribution in [2.24, 2.45) is 23.7 Å². The number of fused-ring (bicyclic) bond motifs is 2. The van der Waals surface area contributed by atoms with Gasteiger partial charge in [0.25, 0.3) is 23.6 Å². The Morgan fingerprint density at radius 1 is 0.944 bits per heavy atom. The van der Waals surface area contributed by atoms with Gasteiger partial charge in [0.15, 0.2) is 11.6 Å². The van der Waals surface area contributed by atoms with E-state index in [4.69, 9.17) is 18.9 Å². The minimum absolute atomic E-state index is 0.00623. The van der Waals surface area contributed by atoms with E-state index in [1.54, 1.807) is 20.8 Å². The number of carbonyl (C=O) groups is 8. The molecule has 0 aliphatic carbocycles. The predicted octanol–water partition coefficient (Wildman–Crippen LogP) is 1.66. The highest BCUT2D eigenvalue weighted by atomic mass is 16.7. The molecular weight excluding hydrogens is 943 g/mol. The van der Waals surface area contributed by atoms with Crippen LogP contribution in [-0.4, -0.2) is 192 Å². The zero-order valence-electron chi connectivity index (χ0n) is 44.4. The van der Waals surface area contributed by atoms with Crippen LogP contribution in [0, 0.1) is 23.7 Å². The van der Waals surface area contributed by atoms with Crippen LogP contribution in [0.1, 0.15) is 140 Å². The Morgan fingerprint density at radius 2 is 1.61 bits per heavy atom. The fourth-order valence-electron chi connectivity index (χ4n) is 10.4. The van der Waals surface area contributed by atoms with Gasteiger partial charge in [0, 0.05) is 26.6 Å². The third kappa shape index (κ3) is 13.2. The van der Waals surface area contributed by atoms with Crippen molar-refractivity contribution in [3.8, 4) is 0 Å². The molecule has 23 nitrogen and oxygen atoms in total. The smallest absolute Gasteiger partial charge is 0.332 e. The number of esters is 2. The van der Waals surface area contributed by atoms with Crippen LogP contribution in [-0.2, 0) is 57.3 Å². The molecule has 410 valence electrons. The van der Waals surface area contributed by atoms with E-state index in [1.165, 1.54) is 27.8 Å². The first-order chi connectivity index (χ1) is 33.6. The molecule has 0 aromatic rings. The molecule has 11 unspecified atom stereocenters. The highest BCUT2D eigenvalue weighted by Crippen LogP contribution is 2.42. The normalized spacial score (nSPS) is 31.8. The summed E-state index contributed by atoms with van der Waals surface area (Å²) in [5.74, 6) is -12.5. The molecule has 0 spiro atoms. The van der Waals surface area contributed by atoms with Crippen LogP contribution in [0.5, 0.6) is 0 Å². The lowest BCUT2D eigenvalue weighted by Crippen LogP contribution is -2.69. The molecule has 4 rings (SSSR count). The fraction of sp³-hybridized carbons (Fsp3) is 0.837. The monoisotopic (exact) mass is 1030 g/mol. The standard InChI is InChI=1S/C49H83N7O16/c1-13-16-18-32-42(60)54(67)26-35(57)55-33(19-17-23-50-55)41(59)53-24-22-47(10,70-27-36(58)69-15-3)40(53)44(62)56(68)38(29(6)7)45(63)71-39(30(8)9)37(43(61)52(32)12)51-46(64)48(11,65)49(66)21-20-31(25-28(4)5)34(14-2)72-49/h28-34,37-40,50,65-68H,13-27H2,1-12H3,(H,51,64). The van der Waals surface area contributed by atoms with Crippen molar-refractivity contribution in [3.05, 3.63) is 0 Å². The average Bonchev–Trinajstić information content (AvgIpc) is 3.67. The molecule has 0 aromatic carbocycles. The number of ether oxygens (including phenoxy) is 4. The number of nitrogens with one attached hydrogen (secondary N) is 2. The second-order valence-electron chi connectivity index (χ2n) is 21.2. The lowest BCUT2D eigenvalue weighted by Gasteiger charge is -2.48. The number of rotatable bonds is 15. The van der Waals surface area contributed by atoms with Gasteiger partial charge in [-0.25, -0.2) is 25.1 Å². The number of carbonyl (C=O) groups excluding carboxylic acids is 8. The molecule has 23 heteroatoms. The molecule has 4 aliphatic heterocycles. The molecule has 4 saturated heterocycles. The van der Waals surface area contributed by atoms with Crippen LogP contribution in [0.25, 0.3) is 0 Å². The van der Waals surface area contributed by atoms with Crippen LogP contribution < -0.4 is 10.7 Å². The number of unbranched alkanes of at least 4 members (excludes halogenated alkanes) is 1. The molecule has 11 atom stereocenters. The molecule has 4 aliphatic rings. The van der Waals surface area contributed by atoms with Crippen LogP contribution in [0.2, 0.25) is 0 Å². The number of aliphatic hydroxyl groups is 2. The van der Waals surface area contributed by atoms with Gasteiger partial charge in [0.05, 0.1) is 18.3 Å². The molecule has 4 heterocycles. The van der Waals surface area contributed by atoms with E-state index in [1.807, 2.05) is 27.7 Å². The van der Waals surface area contributed by atoms with E-state index in [0.29, 0.717) is 38.0 Å². The average molecular weight is 1030 g/mol. The molecule has 0 aromatic heterocycles. The van der Waals surface area contributed by atoms with Gasteiger partial charge in [0.2, 0.25) is 17.6 Å². The van der Waals surface area contributed by atoms with Gasteiger partial charge in [-0.05, 0) is 89.4 Å². The topological polar surface area (TPSA) is 295 Å². The van der Waals surface area contributed by atoms with Crippen molar-refractivity contribution in [1.82, 2.24) is 35.7 Å². The van der Waals surface area contributed by atoms with Crippen LogP contribution in [0.4, 0.5) is 0 Å². The van der Waals surface area contributed by atoms with Gasteiger partial charge in [-0.15, -0.1) is 0 Å². The number of hydroxylamine groups is 4. The maximum atomic E-state index is 15.2. The van der Waals surface area contributed by atoms with Crippen LogP contribution >= 0.6 is 0 Å². The van der Waals surface area contributed by atoms with E-state index < -0.39 is 132 Å². The van der Waals surface area contributed by atoms with E-state index in [0.717, 1.165) is 28.2 Å². The van der Waals surface area contributed by atoms with Crippen molar-refractivity contribution in [2.45, 2.75) is 200 Å². The van der Waals surface area contributed by atoms with E-state index in [2.05, 4.69) is 10.7 Å². The van der Waals surface area contributed by atoms with E-state index in [9.17, 15) is 54.2 Å². The van der Waals surface area contributed by atoms with Gasteiger partial charge in [-0.3, -0.25) is 44.2 Å².